The van der Waals surface area contributed by atoms with Crippen LogP contribution in [0.25, 0.3) is 0 Å². The normalized spacial score (nSPS) is 10.3. The van der Waals surface area contributed by atoms with Crippen molar-refractivity contribution >= 4 is 11.3 Å². The maximum atomic E-state index is 4.22. The van der Waals surface area contributed by atoms with Gasteiger partial charge in [0.2, 0.25) is 0 Å². The Hall–Kier alpha value is -1.09. The zero-order chi connectivity index (χ0) is 8.23. The first kappa shape index (κ1) is 7.55. The maximum absolute atomic E-state index is 4.22. The number of hydrogen-bond donors (Lipinski definition) is 0. The smallest absolute Gasteiger partial charge is 0.0942 e. The van der Waals surface area contributed by atoms with Gasteiger partial charge >= 0.3 is 0 Å². The van der Waals surface area contributed by atoms with Crippen molar-refractivity contribution in [1.29, 1.82) is 0 Å². The minimum Gasteiger partial charge on any atom is -0.354 e. The van der Waals surface area contributed by atoms with Crippen molar-refractivity contribution in [2.24, 2.45) is 0 Å². The number of nitrogens with zero attached hydrogens (tertiary/aromatic N) is 2. The topological polar surface area (TPSA) is 17.8 Å². The molecule has 0 saturated heterocycles. The van der Waals surface area contributed by atoms with Crippen molar-refractivity contribution in [3.05, 3.63) is 41.1 Å². The Balaban J connectivity index is 1.91. The van der Waals surface area contributed by atoms with Crippen LogP contribution < -0.4 is 0 Å². The summed E-state index contributed by atoms with van der Waals surface area (Å²) in [6.45, 7) is 1.03. The first-order chi connectivity index (χ1) is 5.95. The van der Waals surface area contributed by atoms with Crippen molar-refractivity contribution in [2.75, 3.05) is 0 Å². The van der Waals surface area contributed by atoms with Crippen molar-refractivity contribution in [3.63, 3.8) is 0 Å². The van der Waals surface area contributed by atoms with Crippen molar-refractivity contribution in [2.45, 2.75) is 13.0 Å². The van der Waals surface area contributed by atoms with Crippen molar-refractivity contribution in [1.82, 2.24) is 9.55 Å². The van der Waals surface area contributed by atoms with Gasteiger partial charge in [-0.15, -0.1) is 11.3 Å². The monoisotopic (exact) mass is 178 g/mol. The van der Waals surface area contributed by atoms with E-state index in [1.807, 2.05) is 23.7 Å². The molecule has 3 heteroatoms. The Bertz CT molecular complexity index is 276. The third-order valence-corrected chi connectivity index (χ3v) is 2.57. The van der Waals surface area contributed by atoms with Gasteiger partial charge in [0, 0.05) is 36.9 Å². The van der Waals surface area contributed by atoms with Crippen LogP contribution in [0, 0.1) is 0 Å². The van der Waals surface area contributed by atoms with E-state index in [0.717, 1.165) is 13.0 Å². The maximum Gasteiger partial charge on any atom is 0.0942 e. The first-order valence-corrected chi connectivity index (χ1v) is 4.82. The fourth-order valence-corrected chi connectivity index (χ4v) is 1.73. The fourth-order valence-electron chi connectivity index (χ4n) is 1.12. The van der Waals surface area contributed by atoms with Crippen LogP contribution in [0.2, 0.25) is 0 Å². The summed E-state index contributed by atoms with van der Waals surface area (Å²) in [5.41, 5.74) is 0. The lowest BCUT2D eigenvalue weighted by Crippen LogP contribution is -1.97. The van der Waals surface area contributed by atoms with Gasteiger partial charge in [0.1, 0.15) is 0 Å². The summed E-state index contributed by atoms with van der Waals surface area (Å²) in [4.78, 5) is 4.22. The summed E-state index contributed by atoms with van der Waals surface area (Å²) in [6, 6.07) is 4.09. The summed E-state index contributed by atoms with van der Waals surface area (Å²) in [5.74, 6) is 0. The van der Waals surface area contributed by atoms with Crippen molar-refractivity contribution < 1.29 is 0 Å². The van der Waals surface area contributed by atoms with Gasteiger partial charge in [0.15, 0.2) is 0 Å². The zero-order valence-corrected chi connectivity index (χ0v) is 7.50. The molecule has 0 unspecified atom stereocenters. The van der Waals surface area contributed by atoms with Crippen molar-refractivity contribution in [3.8, 4) is 0 Å². The van der Waals surface area contributed by atoms with Crippen LogP contribution in [0.5, 0.6) is 0 Å². The highest BCUT2D eigenvalue weighted by Crippen LogP contribution is 2.05. The molecule has 0 spiro atoms. The molecule has 2 rings (SSSR count). The summed E-state index contributed by atoms with van der Waals surface area (Å²) < 4.78 is 2.17. The molecule has 0 aliphatic rings. The molecule has 62 valence electrons. The summed E-state index contributed by atoms with van der Waals surface area (Å²) in [6.07, 6.45) is 7.04. The molecule has 0 N–H and O–H groups in total. The van der Waals surface area contributed by atoms with Gasteiger partial charge in [0.05, 0.1) is 5.01 Å². The van der Waals surface area contributed by atoms with Gasteiger partial charge in [-0.1, -0.05) is 0 Å². The van der Waals surface area contributed by atoms with E-state index >= 15 is 0 Å². The Morgan fingerprint density at radius 2 is 2.17 bits per heavy atom. The van der Waals surface area contributed by atoms with E-state index in [9.17, 15) is 0 Å². The van der Waals surface area contributed by atoms with Gasteiger partial charge < -0.3 is 4.57 Å². The van der Waals surface area contributed by atoms with Gasteiger partial charge in [0.25, 0.3) is 0 Å². The molecule has 2 aromatic rings. The third-order valence-electron chi connectivity index (χ3n) is 1.73. The molecule has 0 saturated carbocycles. The predicted molar refractivity (Wildman–Crippen MR) is 50.3 cm³/mol. The molecular weight excluding hydrogens is 168 g/mol. The summed E-state index contributed by atoms with van der Waals surface area (Å²) in [7, 11) is 0. The molecule has 0 aliphatic carbocycles. The molecular formula is C9H10N2S. The fraction of sp³-hybridized carbons (Fsp3) is 0.222. The summed E-state index contributed by atoms with van der Waals surface area (Å²) in [5, 5.41) is 3.23. The molecule has 2 nitrogen and oxygen atoms in total. The largest absolute Gasteiger partial charge is 0.354 e. The highest BCUT2D eigenvalue weighted by molar-refractivity contribution is 7.09. The minimum atomic E-state index is 1.03. The van der Waals surface area contributed by atoms with E-state index in [4.69, 9.17) is 0 Å². The van der Waals surface area contributed by atoms with E-state index in [1.165, 1.54) is 5.01 Å². The average molecular weight is 178 g/mol. The Kier molecular flexibility index (Phi) is 2.23. The van der Waals surface area contributed by atoms with E-state index in [2.05, 4.69) is 21.9 Å². The lowest BCUT2D eigenvalue weighted by molar-refractivity contribution is 0.698. The summed E-state index contributed by atoms with van der Waals surface area (Å²) >= 11 is 1.72. The van der Waals surface area contributed by atoms with E-state index in [1.54, 1.807) is 11.3 Å². The van der Waals surface area contributed by atoms with E-state index in [0.29, 0.717) is 0 Å². The molecule has 0 radical (unpaired) electrons. The second-order valence-corrected chi connectivity index (χ2v) is 3.58. The molecule has 0 aliphatic heterocycles. The van der Waals surface area contributed by atoms with Gasteiger partial charge in [-0.3, -0.25) is 0 Å². The second-order valence-electron chi connectivity index (χ2n) is 2.60. The second kappa shape index (κ2) is 3.54. The SMILES string of the molecule is c1ccn(CCc2nccs2)c1. The van der Waals surface area contributed by atoms with Crippen LogP contribution in [0.3, 0.4) is 0 Å². The van der Waals surface area contributed by atoms with Crippen LogP contribution >= 0.6 is 11.3 Å². The first-order valence-electron chi connectivity index (χ1n) is 3.94. The lowest BCUT2D eigenvalue weighted by Gasteiger charge is -1.98. The van der Waals surface area contributed by atoms with Crippen LogP contribution in [-0.4, -0.2) is 9.55 Å². The van der Waals surface area contributed by atoms with Gasteiger partial charge in [-0.2, -0.15) is 0 Å². The third kappa shape index (κ3) is 1.74. The zero-order valence-electron chi connectivity index (χ0n) is 6.68. The molecule has 0 bridgehead atoms. The number of thiazole rings is 1. The molecule has 0 atom stereocenters. The molecule has 0 amide bonds. The highest BCUT2D eigenvalue weighted by atomic mass is 32.1. The Morgan fingerprint density at radius 1 is 1.33 bits per heavy atom. The number of aromatic nitrogens is 2. The van der Waals surface area contributed by atoms with Crippen LogP contribution in [0.15, 0.2) is 36.1 Å². The molecule has 0 fully saturated rings. The molecule has 0 aromatic carbocycles. The van der Waals surface area contributed by atoms with Crippen LogP contribution in [0.4, 0.5) is 0 Å². The van der Waals surface area contributed by atoms with E-state index < -0.39 is 0 Å². The predicted octanol–water partition coefficient (Wildman–Crippen LogP) is 2.19. The Morgan fingerprint density at radius 3 is 2.83 bits per heavy atom. The van der Waals surface area contributed by atoms with Crippen LogP contribution in [-0.2, 0) is 13.0 Å². The van der Waals surface area contributed by atoms with Gasteiger partial charge in [-0.05, 0) is 12.1 Å². The number of aryl methyl sites for hydroxylation is 2. The number of hydrogen-bond acceptors (Lipinski definition) is 2. The average Bonchev–Trinajstić information content (AvgIpc) is 2.74. The van der Waals surface area contributed by atoms with E-state index in [-0.39, 0.29) is 0 Å². The molecule has 2 heterocycles. The minimum absolute atomic E-state index is 1.03. The number of rotatable bonds is 3. The van der Waals surface area contributed by atoms with Gasteiger partial charge in [-0.25, -0.2) is 4.98 Å². The molecule has 2 aromatic heterocycles. The lowest BCUT2D eigenvalue weighted by atomic mass is 10.4. The highest BCUT2D eigenvalue weighted by Gasteiger charge is 1.94. The van der Waals surface area contributed by atoms with Crippen LogP contribution in [0.1, 0.15) is 5.01 Å². The Labute approximate surface area is 75.5 Å². The quantitative estimate of drug-likeness (QED) is 0.704. The molecule has 12 heavy (non-hydrogen) atoms. The standard InChI is InChI=1S/C9H10N2S/c1-2-6-11(5-1)7-3-9-10-4-8-12-9/h1-2,4-6,8H,3,7H2.